The van der Waals surface area contributed by atoms with Gasteiger partial charge in [-0.15, -0.1) is 0 Å². The summed E-state index contributed by atoms with van der Waals surface area (Å²) >= 11 is 0. The third kappa shape index (κ3) is 2.87. The molecule has 1 atom stereocenters. The number of hydrogen-bond acceptors (Lipinski definition) is 3. The maximum absolute atomic E-state index is 12.1. The molecule has 5 nitrogen and oxygen atoms in total. The first-order valence-corrected chi connectivity index (χ1v) is 6.71. The Morgan fingerprint density at radius 3 is 2.30 bits per heavy atom. The van der Waals surface area contributed by atoms with E-state index in [0.717, 1.165) is 5.57 Å². The minimum absolute atomic E-state index is 0.227. The Labute approximate surface area is 119 Å². The Morgan fingerprint density at radius 2 is 1.85 bits per heavy atom. The zero-order valence-electron chi connectivity index (χ0n) is 11.9. The van der Waals surface area contributed by atoms with Gasteiger partial charge in [-0.05, 0) is 12.0 Å². The van der Waals surface area contributed by atoms with Crippen LogP contribution < -0.4 is 5.32 Å². The lowest BCUT2D eigenvalue weighted by atomic mass is 10.0. The molecular weight excluding hydrogens is 256 g/mol. The van der Waals surface area contributed by atoms with Crippen molar-refractivity contribution in [2.75, 3.05) is 6.54 Å². The molecule has 0 radical (unpaired) electrons. The number of carbonyl (C=O) groups is 3. The monoisotopic (exact) mass is 276 g/mol. The van der Waals surface area contributed by atoms with Crippen LogP contribution in [0.3, 0.4) is 0 Å². The van der Waals surface area contributed by atoms with Crippen molar-refractivity contribution in [3.05, 3.63) is 36.5 Å². The van der Waals surface area contributed by atoms with E-state index in [1.165, 1.54) is 11.0 Å². The molecule has 5 heteroatoms. The van der Waals surface area contributed by atoms with Crippen molar-refractivity contribution in [2.24, 2.45) is 0 Å². The summed E-state index contributed by atoms with van der Waals surface area (Å²) in [6.07, 6.45) is 3.70. The van der Waals surface area contributed by atoms with Gasteiger partial charge >= 0.3 is 0 Å². The Kier molecular flexibility index (Phi) is 5.43. The molecule has 0 unspecified atom stereocenters. The van der Waals surface area contributed by atoms with Crippen LogP contribution in [0.1, 0.15) is 26.7 Å². The largest absolute Gasteiger partial charge is 0.322 e. The summed E-state index contributed by atoms with van der Waals surface area (Å²) in [4.78, 5) is 36.4. The minimum Gasteiger partial charge on any atom is -0.322 e. The lowest BCUT2D eigenvalue weighted by molar-refractivity contribution is -0.142. The molecule has 2 heterocycles. The topological polar surface area (TPSA) is 66.5 Å². The van der Waals surface area contributed by atoms with Crippen molar-refractivity contribution in [2.45, 2.75) is 32.7 Å². The minimum atomic E-state index is -0.581. The van der Waals surface area contributed by atoms with Gasteiger partial charge in [0.05, 0.1) is 0 Å². The molecule has 0 aromatic carbocycles. The Balaban J connectivity index is 0.000000956. The van der Waals surface area contributed by atoms with Gasteiger partial charge in [0.25, 0.3) is 5.91 Å². The summed E-state index contributed by atoms with van der Waals surface area (Å²) in [7, 11) is 0. The molecule has 1 N–H and O–H groups in total. The van der Waals surface area contributed by atoms with Crippen LogP contribution in [-0.2, 0) is 14.4 Å². The van der Waals surface area contributed by atoms with E-state index in [4.69, 9.17) is 0 Å². The fourth-order valence-corrected chi connectivity index (χ4v) is 2.26. The first-order valence-electron chi connectivity index (χ1n) is 6.71. The number of amides is 3. The van der Waals surface area contributed by atoms with Crippen LogP contribution in [0.15, 0.2) is 36.5 Å². The summed E-state index contributed by atoms with van der Waals surface area (Å²) in [5, 5.41) is 2.25. The molecule has 0 saturated carbocycles. The number of nitrogens with one attached hydrogen (secondary N) is 1. The lowest BCUT2D eigenvalue weighted by Gasteiger charge is -2.29. The quantitative estimate of drug-likeness (QED) is 0.791. The first-order chi connectivity index (χ1) is 9.58. The van der Waals surface area contributed by atoms with Crippen LogP contribution in [0.5, 0.6) is 0 Å². The van der Waals surface area contributed by atoms with Crippen molar-refractivity contribution in [3.8, 4) is 0 Å². The third-order valence-corrected chi connectivity index (χ3v) is 3.21. The summed E-state index contributed by atoms with van der Waals surface area (Å²) < 4.78 is 0. The molecule has 108 valence electrons. The third-order valence-electron chi connectivity index (χ3n) is 3.21. The van der Waals surface area contributed by atoms with Crippen LogP contribution in [0.4, 0.5) is 0 Å². The van der Waals surface area contributed by atoms with Crippen LogP contribution in [0.2, 0.25) is 0 Å². The van der Waals surface area contributed by atoms with Crippen LogP contribution in [-0.4, -0.2) is 35.2 Å². The fraction of sp³-hybridized carbons (Fsp3) is 0.400. The molecule has 0 spiro atoms. The van der Waals surface area contributed by atoms with Gasteiger partial charge in [0.15, 0.2) is 0 Å². The first kappa shape index (κ1) is 15.9. The fourth-order valence-electron chi connectivity index (χ4n) is 2.26. The average molecular weight is 276 g/mol. The molecule has 3 amide bonds. The number of rotatable bonds is 3. The van der Waals surface area contributed by atoms with E-state index >= 15 is 0 Å². The molecule has 1 saturated heterocycles. The summed E-state index contributed by atoms with van der Waals surface area (Å²) in [6, 6.07) is -0.581. The Hall–Kier alpha value is -2.17. The van der Waals surface area contributed by atoms with E-state index in [1.54, 1.807) is 6.08 Å². The van der Waals surface area contributed by atoms with E-state index in [0.29, 0.717) is 18.5 Å². The number of imide groups is 1. The van der Waals surface area contributed by atoms with Crippen molar-refractivity contribution in [3.63, 3.8) is 0 Å². The highest BCUT2D eigenvalue weighted by atomic mass is 16.2. The van der Waals surface area contributed by atoms with Crippen LogP contribution in [0, 0.1) is 0 Å². The highest BCUT2D eigenvalue weighted by molar-refractivity contribution is 6.06. The predicted octanol–water partition coefficient (Wildman–Crippen LogP) is 1.33. The number of piperidine rings is 1. The maximum Gasteiger partial charge on any atom is 0.255 e. The molecule has 2 aliphatic rings. The van der Waals surface area contributed by atoms with Crippen LogP contribution in [0.25, 0.3) is 0 Å². The highest BCUT2D eigenvalue weighted by Crippen LogP contribution is 2.25. The Morgan fingerprint density at radius 1 is 1.20 bits per heavy atom. The second-order valence-corrected chi connectivity index (χ2v) is 4.25. The van der Waals surface area contributed by atoms with Gasteiger partial charge < -0.3 is 4.90 Å². The Bertz CT molecular complexity index is 491. The number of hydrogen-bond donors (Lipinski definition) is 1. The van der Waals surface area contributed by atoms with Crippen molar-refractivity contribution in [1.82, 2.24) is 10.2 Å². The standard InChI is InChI=1S/C13H14N2O3.C2H6/c1-3-8-7-15(13(18)9(8)4-2)10-5-6-11(16)14-12(10)17;1-2/h3-4,10H,1-2,5-7H2,(H,14,16,17);1-2H3/t10-;/m0./s1. The van der Waals surface area contributed by atoms with Gasteiger partial charge in [-0.3, -0.25) is 19.7 Å². The van der Waals surface area contributed by atoms with E-state index in [2.05, 4.69) is 18.5 Å². The van der Waals surface area contributed by atoms with E-state index < -0.39 is 11.9 Å². The van der Waals surface area contributed by atoms with Gasteiger partial charge in [0, 0.05) is 18.5 Å². The molecule has 0 bridgehead atoms. The molecule has 1 fully saturated rings. The van der Waals surface area contributed by atoms with Gasteiger partial charge in [0.1, 0.15) is 6.04 Å². The van der Waals surface area contributed by atoms with Crippen molar-refractivity contribution in [1.29, 1.82) is 0 Å². The molecule has 2 aliphatic heterocycles. The molecule has 20 heavy (non-hydrogen) atoms. The average Bonchev–Trinajstić information content (AvgIpc) is 2.77. The predicted molar refractivity (Wildman–Crippen MR) is 76.7 cm³/mol. The van der Waals surface area contributed by atoms with Crippen molar-refractivity contribution < 1.29 is 14.4 Å². The second-order valence-electron chi connectivity index (χ2n) is 4.25. The highest BCUT2D eigenvalue weighted by Gasteiger charge is 2.38. The van der Waals surface area contributed by atoms with Crippen LogP contribution >= 0.6 is 0 Å². The molecule has 0 aliphatic carbocycles. The SMILES string of the molecule is C=CC1=C(C=C)C(=O)N([C@H]2CCC(=O)NC2=O)C1.CC. The number of carbonyl (C=O) groups excluding carboxylic acids is 3. The van der Waals surface area contributed by atoms with Gasteiger partial charge in [-0.1, -0.05) is 39.2 Å². The normalized spacial score (nSPS) is 22.2. The summed E-state index contributed by atoms with van der Waals surface area (Å²) in [6.45, 7) is 11.6. The van der Waals surface area contributed by atoms with Crippen molar-refractivity contribution >= 4 is 17.7 Å². The molecule has 0 aromatic heterocycles. The maximum atomic E-state index is 12.1. The molecule has 0 aromatic rings. The van der Waals surface area contributed by atoms with E-state index in [-0.39, 0.29) is 18.2 Å². The van der Waals surface area contributed by atoms with Gasteiger partial charge in [0.2, 0.25) is 11.8 Å². The smallest absolute Gasteiger partial charge is 0.255 e. The number of nitrogens with zero attached hydrogens (tertiary/aromatic N) is 1. The second kappa shape index (κ2) is 6.84. The zero-order valence-corrected chi connectivity index (χ0v) is 11.9. The molecule has 2 rings (SSSR count). The van der Waals surface area contributed by atoms with E-state index in [1.807, 2.05) is 13.8 Å². The van der Waals surface area contributed by atoms with E-state index in [9.17, 15) is 14.4 Å². The van der Waals surface area contributed by atoms with Gasteiger partial charge in [-0.2, -0.15) is 0 Å². The lowest BCUT2D eigenvalue weighted by Crippen LogP contribution is -2.53. The zero-order chi connectivity index (χ0) is 15.3. The summed E-state index contributed by atoms with van der Waals surface area (Å²) in [5.74, 6) is -0.925. The summed E-state index contributed by atoms with van der Waals surface area (Å²) in [5.41, 5.74) is 1.24. The molecular formula is C15H20N2O3. The van der Waals surface area contributed by atoms with Gasteiger partial charge in [-0.25, -0.2) is 0 Å².